The molecule has 4 nitrogen and oxygen atoms in total. The summed E-state index contributed by atoms with van der Waals surface area (Å²) in [4.78, 5) is 12.0. The minimum absolute atomic E-state index is 0.182. The number of benzene rings is 1. The highest BCUT2D eigenvalue weighted by Gasteiger charge is 2.23. The van der Waals surface area contributed by atoms with Crippen molar-refractivity contribution in [2.75, 3.05) is 7.11 Å². The Kier molecular flexibility index (Phi) is 5.74. The van der Waals surface area contributed by atoms with Gasteiger partial charge < -0.3 is 10.1 Å². The van der Waals surface area contributed by atoms with E-state index in [2.05, 4.69) is 5.32 Å². The molecule has 0 saturated carbocycles. The lowest BCUT2D eigenvalue weighted by Crippen LogP contribution is -2.46. The van der Waals surface area contributed by atoms with Gasteiger partial charge in [0.15, 0.2) is 0 Å². The Hall–Kier alpha value is -1.36. The summed E-state index contributed by atoms with van der Waals surface area (Å²) in [7, 11) is 0.334. The SMILES string of the molecule is COc1cccc(CS(=O)C(C)C(=O)NC(C)(C)C)c1. The van der Waals surface area contributed by atoms with Crippen LogP contribution in [0.4, 0.5) is 0 Å². The van der Waals surface area contributed by atoms with Gasteiger partial charge in [-0.25, -0.2) is 0 Å². The van der Waals surface area contributed by atoms with Crippen molar-refractivity contribution in [3.63, 3.8) is 0 Å². The van der Waals surface area contributed by atoms with Crippen LogP contribution in [0.25, 0.3) is 0 Å². The topological polar surface area (TPSA) is 55.4 Å². The summed E-state index contributed by atoms with van der Waals surface area (Å²) in [5, 5.41) is 2.31. The zero-order valence-electron chi connectivity index (χ0n) is 12.7. The number of hydrogen-bond acceptors (Lipinski definition) is 3. The van der Waals surface area contributed by atoms with Gasteiger partial charge in [-0.15, -0.1) is 0 Å². The number of carbonyl (C=O) groups is 1. The van der Waals surface area contributed by atoms with Crippen LogP contribution in [0.5, 0.6) is 5.75 Å². The van der Waals surface area contributed by atoms with Gasteiger partial charge in [0.2, 0.25) is 5.91 Å². The summed E-state index contributed by atoms with van der Waals surface area (Å²) < 4.78 is 17.4. The fourth-order valence-electron chi connectivity index (χ4n) is 1.64. The lowest BCUT2D eigenvalue weighted by molar-refractivity contribution is -0.121. The van der Waals surface area contributed by atoms with Gasteiger partial charge in [0, 0.05) is 22.1 Å². The second-order valence-corrected chi connectivity index (χ2v) is 7.52. The third-order valence-corrected chi connectivity index (χ3v) is 4.33. The van der Waals surface area contributed by atoms with Gasteiger partial charge >= 0.3 is 0 Å². The molecule has 0 radical (unpaired) electrons. The highest BCUT2D eigenvalue weighted by atomic mass is 32.2. The summed E-state index contributed by atoms with van der Waals surface area (Å²) in [6.07, 6.45) is 0. The normalized spacial score (nSPS) is 14.4. The van der Waals surface area contributed by atoms with Crippen molar-refractivity contribution < 1.29 is 13.7 Å². The first-order chi connectivity index (χ1) is 9.23. The number of rotatable bonds is 5. The molecular weight excluding hydrogens is 274 g/mol. The van der Waals surface area contributed by atoms with Crippen LogP contribution in [0.15, 0.2) is 24.3 Å². The number of methoxy groups -OCH3 is 1. The molecule has 0 aliphatic carbocycles. The number of amides is 1. The second kappa shape index (κ2) is 6.88. The first kappa shape index (κ1) is 16.7. The Bertz CT molecular complexity index is 494. The van der Waals surface area contributed by atoms with E-state index in [0.29, 0.717) is 5.75 Å². The summed E-state index contributed by atoms with van der Waals surface area (Å²) in [5.41, 5.74) is 0.587. The molecule has 0 spiro atoms. The average Bonchev–Trinajstić information content (AvgIpc) is 2.36. The predicted molar refractivity (Wildman–Crippen MR) is 82.2 cm³/mol. The molecule has 20 heavy (non-hydrogen) atoms. The molecule has 112 valence electrons. The molecule has 1 amide bonds. The number of carbonyl (C=O) groups excluding carboxylic acids is 1. The highest BCUT2D eigenvalue weighted by molar-refractivity contribution is 7.85. The van der Waals surface area contributed by atoms with E-state index in [9.17, 15) is 9.00 Å². The van der Waals surface area contributed by atoms with Crippen molar-refractivity contribution in [1.82, 2.24) is 5.32 Å². The Morgan fingerprint density at radius 2 is 2.05 bits per heavy atom. The van der Waals surface area contributed by atoms with E-state index in [-0.39, 0.29) is 11.4 Å². The van der Waals surface area contributed by atoms with Crippen molar-refractivity contribution in [3.05, 3.63) is 29.8 Å². The van der Waals surface area contributed by atoms with Crippen molar-refractivity contribution in [1.29, 1.82) is 0 Å². The van der Waals surface area contributed by atoms with Gasteiger partial charge in [-0.1, -0.05) is 12.1 Å². The monoisotopic (exact) mass is 297 g/mol. The van der Waals surface area contributed by atoms with Crippen molar-refractivity contribution in [2.45, 2.75) is 44.2 Å². The first-order valence-electron chi connectivity index (χ1n) is 6.55. The Morgan fingerprint density at radius 1 is 1.40 bits per heavy atom. The van der Waals surface area contributed by atoms with E-state index in [0.717, 1.165) is 11.3 Å². The van der Waals surface area contributed by atoms with Crippen molar-refractivity contribution >= 4 is 16.7 Å². The quantitative estimate of drug-likeness (QED) is 0.907. The third kappa shape index (κ3) is 5.33. The molecule has 1 aromatic carbocycles. The van der Waals surface area contributed by atoms with Gasteiger partial charge in [-0.05, 0) is 45.4 Å². The second-order valence-electron chi connectivity index (χ2n) is 5.76. The molecule has 2 unspecified atom stereocenters. The summed E-state index contributed by atoms with van der Waals surface area (Å²) >= 11 is 0. The van der Waals surface area contributed by atoms with Crippen LogP contribution in [0.1, 0.15) is 33.3 Å². The van der Waals surface area contributed by atoms with Gasteiger partial charge in [0.05, 0.1) is 7.11 Å². The number of hydrogen-bond donors (Lipinski definition) is 1. The maximum atomic E-state index is 12.2. The fraction of sp³-hybridized carbons (Fsp3) is 0.533. The standard InChI is InChI=1S/C15H23NO3S/c1-11(14(17)16-15(2,3)4)20(18)10-12-7-6-8-13(9-12)19-5/h6-9,11H,10H2,1-5H3,(H,16,17). The lowest BCUT2D eigenvalue weighted by Gasteiger charge is -2.23. The molecule has 0 saturated heterocycles. The molecule has 0 aromatic heterocycles. The average molecular weight is 297 g/mol. The molecule has 2 atom stereocenters. The maximum Gasteiger partial charge on any atom is 0.235 e. The molecule has 1 rings (SSSR count). The van der Waals surface area contributed by atoms with Crippen LogP contribution in [-0.2, 0) is 21.3 Å². The molecule has 5 heteroatoms. The minimum atomic E-state index is -1.26. The Balaban J connectivity index is 2.68. The number of nitrogens with one attached hydrogen (secondary N) is 1. The largest absolute Gasteiger partial charge is 0.497 e. The van der Waals surface area contributed by atoms with Gasteiger partial charge in [0.25, 0.3) is 0 Å². The molecular formula is C15H23NO3S. The molecule has 0 heterocycles. The molecule has 1 aromatic rings. The summed E-state index contributed by atoms with van der Waals surface area (Å²) in [5.74, 6) is 0.890. The molecule has 0 bridgehead atoms. The lowest BCUT2D eigenvalue weighted by atomic mass is 10.1. The zero-order chi connectivity index (χ0) is 15.3. The summed E-state index contributed by atoms with van der Waals surface area (Å²) in [6, 6.07) is 7.41. The van der Waals surface area contributed by atoms with Crippen LogP contribution in [-0.4, -0.2) is 28.0 Å². The highest BCUT2D eigenvalue weighted by Crippen LogP contribution is 2.15. The molecule has 1 N–H and O–H groups in total. The van der Waals surface area contributed by atoms with E-state index < -0.39 is 16.0 Å². The predicted octanol–water partition coefficient (Wildman–Crippen LogP) is 2.25. The van der Waals surface area contributed by atoms with Crippen LogP contribution >= 0.6 is 0 Å². The maximum absolute atomic E-state index is 12.2. The van der Waals surface area contributed by atoms with E-state index in [1.54, 1.807) is 14.0 Å². The van der Waals surface area contributed by atoms with Crippen LogP contribution < -0.4 is 10.1 Å². The fourth-order valence-corrected chi connectivity index (χ4v) is 2.70. The van der Waals surface area contributed by atoms with Crippen molar-refractivity contribution in [2.24, 2.45) is 0 Å². The summed E-state index contributed by atoms with van der Waals surface area (Å²) in [6.45, 7) is 7.41. The van der Waals surface area contributed by atoms with E-state index in [1.807, 2.05) is 45.0 Å². The van der Waals surface area contributed by atoms with E-state index >= 15 is 0 Å². The van der Waals surface area contributed by atoms with Crippen molar-refractivity contribution in [3.8, 4) is 5.75 Å². The van der Waals surface area contributed by atoms with Gasteiger partial charge in [0.1, 0.15) is 11.0 Å². The van der Waals surface area contributed by atoms with E-state index in [4.69, 9.17) is 4.74 Å². The van der Waals surface area contributed by atoms with Crippen LogP contribution in [0.3, 0.4) is 0 Å². The van der Waals surface area contributed by atoms with Crippen LogP contribution in [0.2, 0.25) is 0 Å². The van der Waals surface area contributed by atoms with Gasteiger partial charge in [-0.3, -0.25) is 9.00 Å². The molecule has 0 fully saturated rings. The Morgan fingerprint density at radius 3 is 2.60 bits per heavy atom. The molecule has 0 aliphatic rings. The zero-order valence-corrected chi connectivity index (χ0v) is 13.5. The first-order valence-corrected chi connectivity index (χ1v) is 7.93. The van der Waals surface area contributed by atoms with Gasteiger partial charge in [-0.2, -0.15) is 0 Å². The molecule has 0 aliphatic heterocycles. The van der Waals surface area contributed by atoms with E-state index in [1.165, 1.54) is 0 Å². The minimum Gasteiger partial charge on any atom is -0.497 e. The number of ether oxygens (including phenoxy) is 1. The smallest absolute Gasteiger partial charge is 0.235 e. The van der Waals surface area contributed by atoms with Crippen LogP contribution in [0, 0.1) is 0 Å². The Labute approximate surface area is 123 Å². The third-order valence-electron chi connectivity index (χ3n) is 2.70.